The molecule has 0 aliphatic carbocycles. The molecule has 1 aliphatic heterocycles. The van der Waals surface area contributed by atoms with Crippen molar-refractivity contribution in [3.05, 3.63) is 28.8 Å². The van der Waals surface area contributed by atoms with Crippen molar-refractivity contribution >= 4 is 15.7 Å². The number of rotatable bonds is 6. The number of ether oxygens (including phenoxy) is 1. The van der Waals surface area contributed by atoms with Crippen LogP contribution in [0, 0.1) is 13.8 Å². The zero-order valence-electron chi connectivity index (χ0n) is 15.0. The number of sulfone groups is 1. The van der Waals surface area contributed by atoms with E-state index in [0.717, 1.165) is 29.7 Å². The van der Waals surface area contributed by atoms with Gasteiger partial charge in [0.15, 0.2) is 9.84 Å². The standard InChI is InChI=1S/C18H27NO4S/c1-5-6-8-19(16-7-9-24(21,22)12-16)18(20)15-10-13(2)17(23-4)14(3)11-15/h10-11,16H,5-9,12H2,1-4H3. The third kappa shape index (κ3) is 4.09. The van der Waals surface area contributed by atoms with Gasteiger partial charge < -0.3 is 9.64 Å². The van der Waals surface area contributed by atoms with Crippen LogP contribution in [0.2, 0.25) is 0 Å². The van der Waals surface area contributed by atoms with Crippen molar-refractivity contribution in [2.45, 2.75) is 46.1 Å². The van der Waals surface area contributed by atoms with E-state index in [2.05, 4.69) is 6.92 Å². The Hall–Kier alpha value is -1.56. The molecule has 0 aromatic heterocycles. The van der Waals surface area contributed by atoms with Crippen molar-refractivity contribution in [3.63, 3.8) is 0 Å². The fourth-order valence-corrected chi connectivity index (χ4v) is 5.09. The minimum Gasteiger partial charge on any atom is -0.496 e. The highest BCUT2D eigenvalue weighted by Crippen LogP contribution is 2.27. The Balaban J connectivity index is 2.31. The number of unbranched alkanes of at least 4 members (excludes halogenated alkanes) is 1. The van der Waals surface area contributed by atoms with Gasteiger partial charge in [0.25, 0.3) is 5.91 Å². The lowest BCUT2D eigenvalue weighted by Crippen LogP contribution is -2.41. The molecule has 1 atom stereocenters. The molecule has 1 fully saturated rings. The zero-order chi connectivity index (χ0) is 17.9. The van der Waals surface area contributed by atoms with Gasteiger partial charge in [0.05, 0.1) is 18.6 Å². The van der Waals surface area contributed by atoms with Gasteiger partial charge in [-0.15, -0.1) is 0 Å². The van der Waals surface area contributed by atoms with Crippen LogP contribution in [0.5, 0.6) is 5.75 Å². The number of benzene rings is 1. The lowest BCUT2D eigenvalue weighted by molar-refractivity contribution is 0.0694. The summed E-state index contributed by atoms with van der Waals surface area (Å²) in [7, 11) is -1.40. The maximum Gasteiger partial charge on any atom is 0.254 e. The van der Waals surface area contributed by atoms with Gasteiger partial charge >= 0.3 is 0 Å². The van der Waals surface area contributed by atoms with Gasteiger partial charge in [-0.3, -0.25) is 4.79 Å². The quantitative estimate of drug-likeness (QED) is 0.789. The summed E-state index contributed by atoms with van der Waals surface area (Å²) < 4.78 is 29.0. The lowest BCUT2D eigenvalue weighted by atomic mass is 10.0. The van der Waals surface area contributed by atoms with Crippen LogP contribution in [-0.4, -0.2) is 50.4 Å². The average Bonchev–Trinajstić information content (AvgIpc) is 2.87. The first kappa shape index (κ1) is 18.8. The summed E-state index contributed by atoms with van der Waals surface area (Å²) in [6.45, 7) is 6.49. The summed E-state index contributed by atoms with van der Waals surface area (Å²) in [5, 5.41) is 0. The summed E-state index contributed by atoms with van der Waals surface area (Å²) in [6.07, 6.45) is 2.37. The number of aryl methyl sites for hydroxylation is 2. The Morgan fingerprint density at radius 3 is 2.38 bits per heavy atom. The molecule has 0 saturated carbocycles. The number of hydrogen-bond donors (Lipinski definition) is 0. The molecule has 0 radical (unpaired) electrons. The van der Waals surface area contributed by atoms with Crippen LogP contribution in [0.15, 0.2) is 12.1 Å². The molecule has 1 aliphatic rings. The Bertz CT molecular complexity index is 689. The predicted molar refractivity (Wildman–Crippen MR) is 95.5 cm³/mol. The smallest absolute Gasteiger partial charge is 0.254 e. The molecule has 1 amide bonds. The number of carbonyl (C=O) groups is 1. The van der Waals surface area contributed by atoms with E-state index in [-0.39, 0.29) is 23.5 Å². The molecule has 0 bridgehead atoms. The molecule has 2 rings (SSSR count). The third-order valence-corrected chi connectivity index (χ3v) is 6.32. The van der Waals surface area contributed by atoms with Gasteiger partial charge in [0.2, 0.25) is 0 Å². The van der Waals surface area contributed by atoms with Crippen LogP contribution in [-0.2, 0) is 9.84 Å². The zero-order valence-corrected chi connectivity index (χ0v) is 15.8. The van der Waals surface area contributed by atoms with Crippen molar-refractivity contribution < 1.29 is 17.9 Å². The summed E-state index contributed by atoms with van der Waals surface area (Å²) in [4.78, 5) is 14.8. The van der Waals surface area contributed by atoms with Crippen LogP contribution in [0.4, 0.5) is 0 Å². The van der Waals surface area contributed by atoms with Crippen molar-refractivity contribution in [2.24, 2.45) is 0 Å². The van der Waals surface area contributed by atoms with Crippen molar-refractivity contribution in [1.29, 1.82) is 0 Å². The average molecular weight is 353 g/mol. The van der Waals surface area contributed by atoms with Crippen LogP contribution in [0.3, 0.4) is 0 Å². The number of carbonyl (C=O) groups excluding carboxylic acids is 1. The lowest BCUT2D eigenvalue weighted by Gasteiger charge is -2.28. The number of amides is 1. The Kier molecular flexibility index (Phi) is 5.91. The van der Waals surface area contributed by atoms with Gasteiger partial charge in [-0.1, -0.05) is 13.3 Å². The molecule has 6 heteroatoms. The van der Waals surface area contributed by atoms with Crippen molar-refractivity contribution in [2.75, 3.05) is 25.2 Å². The van der Waals surface area contributed by atoms with Gasteiger partial charge in [0, 0.05) is 18.2 Å². The second kappa shape index (κ2) is 7.55. The highest BCUT2D eigenvalue weighted by molar-refractivity contribution is 7.91. The summed E-state index contributed by atoms with van der Waals surface area (Å²) in [5.74, 6) is 0.958. The van der Waals surface area contributed by atoms with E-state index in [9.17, 15) is 13.2 Å². The fourth-order valence-electron chi connectivity index (χ4n) is 3.36. The SMILES string of the molecule is CCCCN(C(=O)c1cc(C)c(OC)c(C)c1)C1CCS(=O)(=O)C1. The van der Waals surface area contributed by atoms with Crippen LogP contribution in [0.1, 0.15) is 47.7 Å². The number of methoxy groups -OCH3 is 1. The molecule has 0 N–H and O–H groups in total. The molecule has 5 nitrogen and oxygen atoms in total. The summed E-state index contributed by atoms with van der Waals surface area (Å²) >= 11 is 0. The molecule has 134 valence electrons. The molecular formula is C18H27NO4S. The topological polar surface area (TPSA) is 63.7 Å². The Labute approximate surface area is 144 Å². The molecule has 1 saturated heterocycles. The summed E-state index contributed by atoms with van der Waals surface area (Å²) in [5.41, 5.74) is 2.43. The van der Waals surface area contributed by atoms with Crippen LogP contribution >= 0.6 is 0 Å². The Morgan fingerprint density at radius 2 is 1.92 bits per heavy atom. The van der Waals surface area contributed by atoms with Crippen LogP contribution < -0.4 is 4.74 Å². The van der Waals surface area contributed by atoms with Gasteiger partial charge in [0.1, 0.15) is 5.75 Å². The van der Waals surface area contributed by atoms with E-state index >= 15 is 0 Å². The normalized spacial score (nSPS) is 19.2. The predicted octanol–water partition coefficient (Wildman–Crippen LogP) is 2.74. The van der Waals surface area contributed by atoms with Gasteiger partial charge in [-0.2, -0.15) is 0 Å². The van der Waals surface area contributed by atoms with Crippen molar-refractivity contribution in [1.82, 2.24) is 4.90 Å². The fraction of sp³-hybridized carbons (Fsp3) is 0.611. The largest absolute Gasteiger partial charge is 0.496 e. The van der Waals surface area contributed by atoms with E-state index in [1.165, 1.54) is 0 Å². The monoisotopic (exact) mass is 353 g/mol. The minimum absolute atomic E-state index is 0.0799. The summed E-state index contributed by atoms with van der Waals surface area (Å²) in [6, 6.07) is 3.45. The third-order valence-electron chi connectivity index (χ3n) is 4.57. The first-order valence-electron chi connectivity index (χ1n) is 8.45. The second-order valence-corrected chi connectivity index (χ2v) is 8.78. The molecular weight excluding hydrogens is 326 g/mol. The Morgan fingerprint density at radius 1 is 1.29 bits per heavy atom. The molecule has 1 aromatic carbocycles. The van der Waals surface area contributed by atoms with E-state index in [0.29, 0.717) is 18.5 Å². The van der Waals surface area contributed by atoms with E-state index in [1.807, 2.05) is 26.0 Å². The number of nitrogens with zero attached hydrogens (tertiary/aromatic N) is 1. The van der Waals surface area contributed by atoms with E-state index < -0.39 is 9.84 Å². The number of hydrogen-bond acceptors (Lipinski definition) is 4. The first-order chi connectivity index (χ1) is 11.3. The molecule has 1 unspecified atom stereocenters. The van der Waals surface area contributed by atoms with Crippen molar-refractivity contribution in [3.8, 4) is 5.75 Å². The molecule has 0 spiro atoms. The highest BCUT2D eigenvalue weighted by Gasteiger charge is 2.34. The maximum absolute atomic E-state index is 13.0. The molecule has 1 heterocycles. The van der Waals surface area contributed by atoms with Gasteiger partial charge in [-0.05, 0) is 49.9 Å². The van der Waals surface area contributed by atoms with E-state index in [4.69, 9.17) is 4.74 Å². The molecule has 24 heavy (non-hydrogen) atoms. The van der Waals surface area contributed by atoms with Crippen LogP contribution in [0.25, 0.3) is 0 Å². The minimum atomic E-state index is -3.02. The molecule has 1 aromatic rings. The van der Waals surface area contributed by atoms with Gasteiger partial charge in [-0.25, -0.2) is 8.42 Å². The first-order valence-corrected chi connectivity index (χ1v) is 10.3. The maximum atomic E-state index is 13.0. The van der Waals surface area contributed by atoms with E-state index in [1.54, 1.807) is 12.0 Å². The second-order valence-electron chi connectivity index (χ2n) is 6.55. The highest BCUT2D eigenvalue weighted by atomic mass is 32.2.